The third-order valence-corrected chi connectivity index (χ3v) is 3.49. The number of carbonyl (C=O) groups excluding carboxylic acids is 1. The number of oxime groups is 1. The molecule has 1 aliphatic rings. The lowest BCUT2D eigenvalue weighted by Crippen LogP contribution is -2.34. The first-order valence-corrected chi connectivity index (χ1v) is 7.01. The number of amides is 1. The molecule has 0 unspecified atom stereocenters. The third kappa shape index (κ3) is 3.20. The largest absolute Gasteiger partial charge is 0.382 e. The predicted molar refractivity (Wildman–Crippen MR) is 81.8 cm³/mol. The van der Waals surface area contributed by atoms with Crippen LogP contribution in [0.5, 0.6) is 0 Å². The van der Waals surface area contributed by atoms with Gasteiger partial charge >= 0.3 is 0 Å². The van der Waals surface area contributed by atoms with Crippen LogP contribution in [-0.2, 0) is 16.2 Å². The number of carbonyl (C=O) groups is 1. The fourth-order valence-electron chi connectivity index (χ4n) is 2.33. The van der Waals surface area contributed by atoms with E-state index in [4.69, 9.17) is 4.84 Å². The highest BCUT2D eigenvalue weighted by atomic mass is 16.6. The standard InChI is InChI=1S/C15H14N4O4/c20-15(17-9-10-4-3-7-16-10)14-8-12(18-23-14)11-5-1-2-6-13(11)19(21)22/h1-7,14,16H,8-9H2,(H,17,20)/t14-/m0/s1. The zero-order valence-corrected chi connectivity index (χ0v) is 12.1. The quantitative estimate of drug-likeness (QED) is 0.647. The van der Waals surface area contributed by atoms with E-state index >= 15 is 0 Å². The van der Waals surface area contributed by atoms with Crippen molar-refractivity contribution >= 4 is 17.3 Å². The van der Waals surface area contributed by atoms with Crippen molar-refractivity contribution in [1.29, 1.82) is 0 Å². The molecule has 0 saturated heterocycles. The zero-order valence-electron chi connectivity index (χ0n) is 12.1. The molecule has 0 bridgehead atoms. The first-order valence-electron chi connectivity index (χ1n) is 7.01. The minimum absolute atomic E-state index is 0.0534. The van der Waals surface area contributed by atoms with Crippen LogP contribution < -0.4 is 5.32 Å². The van der Waals surface area contributed by atoms with E-state index in [0.29, 0.717) is 17.8 Å². The third-order valence-electron chi connectivity index (χ3n) is 3.49. The van der Waals surface area contributed by atoms with Crippen molar-refractivity contribution in [3.05, 3.63) is 64.0 Å². The molecule has 2 N–H and O–H groups in total. The fraction of sp³-hybridized carbons (Fsp3) is 0.200. The van der Waals surface area contributed by atoms with Crippen LogP contribution in [0.15, 0.2) is 47.8 Å². The average molecular weight is 314 g/mol. The van der Waals surface area contributed by atoms with Gasteiger partial charge < -0.3 is 15.1 Å². The van der Waals surface area contributed by atoms with Gasteiger partial charge in [0.05, 0.1) is 22.7 Å². The molecule has 2 aromatic rings. The number of nitrogens with one attached hydrogen (secondary N) is 2. The van der Waals surface area contributed by atoms with E-state index in [0.717, 1.165) is 5.69 Å². The van der Waals surface area contributed by atoms with Gasteiger partial charge in [0, 0.05) is 24.4 Å². The number of benzene rings is 1. The number of rotatable bonds is 5. The summed E-state index contributed by atoms with van der Waals surface area (Å²) in [7, 11) is 0. The Hall–Kier alpha value is -3.16. The Morgan fingerprint density at radius 2 is 2.22 bits per heavy atom. The normalized spacial score (nSPS) is 16.5. The Balaban J connectivity index is 1.64. The maximum absolute atomic E-state index is 12.1. The van der Waals surface area contributed by atoms with Gasteiger partial charge in [-0.3, -0.25) is 14.9 Å². The summed E-state index contributed by atoms with van der Waals surface area (Å²) < 4.78 is 0. The molecule has 8 nitrogen and oxygen atoms in total. The lowest BCUT2D eigenvalue weighted by atomic mass is 10.0. The summed E-state index contributed by atoms with van der Waals surface area (Å²) in [6.45, 7) is 0.354. The minimum atomic E-state index is -0.778. The van der Waals surface area contributed by atoms with Crippen LogP contribution in [-0.4, -0.2) is 27.6 Å². The van der Waals surface area contributed by atoms with Crippen LogP contribution in [0.3, 0.4) is 0 Å². The van der Waals surface area contributed by atoms with E-state index in [1.54, 1.807) is 24.4 Å². The molecule has 0 saturated carbocycles. The van der Waals surface area contributed by atoms with E-state index in [2.05, 4.69) is 15.5 Å². The van der Waals surface area contributed by atoms with Crippen LogP contribution in [0.4, 0.5) is 5.69 Å². The second-order valence-corrected chi connectivity index (χ2v) is 5.02. The summed E-state index contributed by atoms with van der Waals surface area (Å²) in [4.78, 5) is 30.8. The van der Waals surface area contributed by atoms with E-state index in [9.17, 15) is 14.9 Å². The van der Waals surface area contributed by atoms with E-state index in [-0.39, 0.29) is 18.0 Å². The fourth-order valence-corrected chi connectivity index (χ4v) is 2.33. The molecule has 8 heteroatoms. The molecular weight excluding hydrogens is 300 g/mol. The molecule has 1 atom stereocenters. The molecule has 0 radical (unpaired) electrons. The molecule has 1 amide bonds. The summed E-state index contributed by atoms with van der Waals surface area (Å²) in [6, 6.07) is 9.95. The average Bonchev–Trinajstić information content (AvgIpc) is 3.24. The van der Waals surface area contributed by atoms with Gasteiger partial charge in [-0.25, -0.2) is 0 Å². The smallest absolute Gasteiger partial charge is 0.278 e. The molecule has 1 aromatic heterocycles. The summed E-state index contributed by atoms with van der Waals surface area (Å²) >= 11 is 0. The van der Waals surface area contributed by atoms with E-state index in [1.165, 1.54) is 6.07 Å². The predicted octanol–water partition coefficient (Wildman–Crippen LogP) is 1.73. The monoisotopic (exact) mass is 314 g/mol. The maximum Gasteiger partial charge on any atom is 0.278 e. The van der Waals surface area contributed by atoms with Crippen molar-refractivity contribution in [2.45, 2.75) is 19.1 Å². The van der Waals surface area contributed by atoms with Crippen molar-refractivity contribution in [1.82, 2.24) is 10.3 Å². The number of para-hydroxylation sites is 1. The van der Waals surface area contributed by atoms with Gasteiger partial charge in [0.2, 0.25) is 6.10 Å². The highest BCUT2D eigenvalue weighted by Gasteiger charge is 2.31. The molecule has 0 spiro atoms. The first kappa shape index (κ1) is 14.8. The van der Waals surface area contributed by atoms with Crippen molar-refractivity contribution in [2.24, 2.45) is 5.16 Å². The molecule has 3 rings (SSSR count). The van der Waals surface area contributed by atoms with Crippen LogP contribution in [0.1, 0.15) is 17.7 Å². The van der Waals surface area contributed by atoms with E-state index in [1.807, 2.05) is 12.1 Å². The molecule has 0 fully saturated rings. The SMILES string of the molecule is O=C(NCc1ccc[nH]1)[C@@H]1CC(c2ccccc2[N+](=O)[O-])=NO1. The lowest BCUT2D eigenvalue weighted by molar-refractivity contribution is -0.385. The van der Waals surface area contributed by atoms with Crippen LogP contribution >= 0.6 is 0 Å². The van der Waals surface area contributed by atoms with E-state index < -0.39 is 11.0 Å². The number of aromatic nitrogens is 1. The topological polar surface area (TPSA) is 110 Å². The van der Waals surface area contributed by atoms with Crippen molar-refractivity contribution in [3.63, 3.8) is 0 Å². The lowest BCUT2D eigenvalue weighted by Gasteiger charge is -2.08. The Morgan fingerprint density at radius 1 is 1.39 bits per heavy atom. The number of hydrogen-bond acceptors (Lipinski definition) is 5. The number of nitro groups is 1. The second kappa shape index (κ2) is 6.30. The summed E-state index contributed by atoms with van der Waals surface area (Å²) in [6.07, 6.45) is 1.19. The maximum atomic E-state index is 12.1. The minimum Gasteiger partial charge on any atom is -0.382 e. The van der Waals surface area contributed by atoms with Gasteiger partial charge in [-0.05, 0) is 18.2 Å². The number of H-pyrrole nitrogens is 1. The van der Waals surface area contributed by atoms with Gasteiger partial charge in [0.1, 0.15) is 0 Å². The molecule has 118 valence electrons. The van der Waals surface area contributed by atoms with Gasteiger partial charge in [0.15, 0.2) is 0 Å². The van der Waals surface area contributed by atoms with Gasteiger partial charge in [-0.2, -0.15) is 0 Å². The Kier molecular flexibility index (Phi) is 4.05. The van der Waals surface area contributed by atoms with Crippen LogP contribution in [0.25, 0.3) is 0 Å². The first-order chi connectivity index (χ1) is 11.1. The zero-order chi connectivity index (χ0) is 16.2. The Labute approximate surface area is 131 Å². The molecule has 2 heterocycles. The molecule has 0 aliphatic carbocycles. The molecule has 23 heavy (non-hydrogen) atoms. The van der Waals surface area contributed by atoms with Crippen molar-refractivity contribution in [3.8, 4) is 0 Å². The van der Waals surface area contributed by atoms with Crippen LogP contribution in [0, 0.1) is 10.1 Å². The number of aromatic amines is 1. The van der Waals surface area contributed by atoms with Gasteiger partial charge in [-0.15, -0.1) is 0 Å². The molecular formula is C15H14N4O4. The summed E-state index contributed by atoms with van der Waals surface area (Å²) in [5.74, 6) is -0.308. The summed E-state index contributed by atoms with van der Waals surface area (Å²) in [5.41, 5.74) is 1.59. The Morgan fingerprint density at radius 3 is 2.96 bits per heavy atom. The number of hydrogen-bond donors (Lipinski definition) is 2. The number of nitro benzene ring substituents is 1. The van der Waals surface area contributed by atoms with Gasteiger partial charge in [-0.1, -0.05) is 17.3 Å². The van der Waals surface area contributed by atoms with Crippen molar-refractivity contribution in [2.75, 3.05) is 0 Å². The summed E-state index contributed by atoms with van der Waals surface area (Å²) in [5, 5.41) is 17.6. The highest BCUT2D eigenvalue weighted by molar-refractivity contribution is 6.06. The van der Waals surface area contributed by atoms with Gasteiger partial charge in [0.25, 0.3) is 11.6 Å². The van der Waals surface area contributed by atoms with Crippen molar-refractivity contribution < 1.29 is 14.6 Å². The Bertz CT molecular complexity index is 755. The number of nitrogens with zero attached hydrogens (tertiary/aromatic N) is 2. The van der Waals surface area contributed by atoms with Crippen LogP contribution in [0.2, 0.25) is 0 Å². The second-order valence-electron chi connectivity index (χ2n) is 5.02. The highest BCUT2D eigenvalue weighted by Crippen LogP contribution is 2.24. The molecule has 1 aromatic carbocycles. The molecule has 1 aliphatic heterocycles.